The molecule has 5 heteroatoms. The Morgan fingerprint density at radius 2 is 2.35 bits per heavy atom. The molecule has 2 aromatic heterocycles. The van der Waals surface area contributed by atoms with E-state index in [-0.39, 0.29) is 11.9 Å². The standard InChI is InChI=1S/C12H16N4O/c1-4-8(2)14-12(17)10-7-9(3)16-11(15-10)5-6-13-16/h5-8H,4H2,1-3H3,(H,14,17). The first-order chi connectivity index (χ1) is 8.11. The third-order valence-corrected chi connectivity index (χ3v) is 2.76. The fourth-order valence-electron chi connectivity index (χ4n) is 1.58. The Morgan fingerprint density at radius 1 is 1.59 bits per heavy atom. The lowest BCUT2D eigenvalue weighted by atomic mass is 10.2. The third kappa shape index (κ3) is 2.27. The monoisotopic (exact) mass is 232 g/mol. The second kappa shape index (κ2) is 4.53. The minimum atomic E-state index is -0.133. The average Bonchev–Trinajstić information content (AvgIpc) is 2.77. The largest absolute Gasteiger partial charge is 0.348 e. The first kappa shape index (κ1) is 11.6. The summed E-state index contributed by atoms with van der Waals surface area (Å²) in [6.45, 7) is 5.91. The summed E-state index contributed by atoms with van der Waals surface area (Å²) in [5.41, 5.74) is 2.03. The maximum absolute atomic E-state index is 11.9. The molecule has 1 N–H and O–H groups in total. The van der Waals surface area contributed by atoms with Crippen LogP contribution in [0.15, 0.2) is 18.3 Å². The normalized spacial score (nSPS) is 12.6. The Bertz CT molecular complexity index is 546. The van der Waals surface area contributed by atoms with Gasteiger partial charge in [-0.05, 0) is 26.3 Å². The second-order valence-electron chi connectivity index (χ2n) is 4.17. The lowest BCUT2D eigenvalue weighted by Gasteiger charge is -2.11. The maximum Gasteiger partial charge on any atom is 0.270 e. The van der Waals surface area contributed by atoms with Gasteiger partial charge in [0, 0.05) is 17.8 Å². The molecular formula is C12H16N4O. The highest BCUT2D eigenvalue weighted by Crippen LogP contribution is 2.06. The molecule has 0 saturated heterocycles. The molecule has 0 aromatic carbocycles. The number of carbonyl (C=O) groups excluding carboxylic acids is 1. The molecule has 0 aliphatic carbocycles. The van der Waals surface area contributed by atoms with Crippen LogP contribution >= 0.6 is 0 Å². The van der Waals surface area contributed by atoms with Gasteiger partial charge < -0.3 is 5.32 Å². The number of nitrogens with zero attached hydrogens (tertiary/aromatic N) is 3. The van der Waals surface area contributed by atoms with Crippen LogP contribution < -0.4 is 5.32 Å². The number of hydrogen-bond acceptors (Lipinski definition) is 3. The van der Waals surface area contributed by atoms with Gasteiger partial charge in [-0.2, -0.15) is 5.10 Å². The molecule has 0 aliphatic rings. The molecule has 0 aliphatic heterocycles. The van der Waals surface area contributed by atoms with Crippen LogP contribution in [0.4, 0.5) is 0 Å². The fraction of sp³-hybridized carbons (Fsp3) is 0.417. The molecule has 0 saturated carbocycles. The minimum Gasteiger partial charge on any atom is -0.348 e. The molecule has 0 bridgehead atoms. The number of aryl methyl sites for hydroxylation is 1. The van der Waals surface area contributed by atoms with E-state index in [0.717, 1.165) is 12.1 Å². The van der Waals surface area contributed by atoms with Gasteiger partial charge in [-0.15, -0.1) is 0 Å². The van der Waals surface area contributed by atoms with Crippen molar-refractivity contribution < 1.29 is 4.79 Å². The summed E-state index contributed by atoms with van der Waals surface area (Å²) in [6, 6.07) is 3.69. The highest BCUT2D eigenvalue weighted by molar-refractivity contribution is 5.93. The summed E-state index contributed by atoms with van der Waals surface area (Å²) in [5, 5.41) is 7.02. The van der Waals surface area contributed by atoms with Gasteiger partial charge in [-0.1, -0.05) is 6.92 Å². The summed E-state index contributed by atoms with van der Waals surface area (Å²) in [6.07, 6.45) is 2.57. The van der Waals surface area contributed by atoms with E-state index >= 15 is 0 Å². The van der Waals surface area contributed by atoms with Gasteiger partial charge in [0.05, 0.1) is 6.20 Å². The first-order valence-electron chi connectivity index (χ1n) is 5.74. The maximum atomic E-state index is 11.9. The smallest absolute Gasteiger partial charge is 0.270 e. The van der Waals surface area contributed by atoms with E-state index in [0.29, 0.717) is 11.3 Å². The molecule has 0 fully saturated rings. The zero-order valence-corrected chi connectivity index (χ0v) is 10.3. The van der Waals surface area contributed by atoms with Gasteiger partial charge in [0.25, 0.3) is 5.91 Å². The predicted octanol–water partition coefficient (Wildman–Crippen LogP) is 1.57. The Labute approximate surface area is 99.9 Å². The summed E-state index contributed by atoms with van der Waals surface area (Å²) in [7, 11) is 0. The van der Waals surface area contributed by atoms with Gasteiger partial charge in [0.15, 0.2) is 5.65 Å². The molecule has 90 valence electrons. The van der Waals surface area contributed by atoms with Crippen molar-refractivity contribution >= 4 is 11.6 Å². The van der Waals surface area contributed by atoms with E-state index in [2.05, 4.69) is 15.4 Å². The molecule has 1 atom stereocenters. The van der Waals surface area contributed by atoms with Crippen LogP contribution in [0.25, 0.3) is 5.65 Å². The summed E-state index contributed by atoms with van der Waals surface area (Å²) in [4.78, 5) is 16.2. The molecule has 17 heavy (non-hydrogen) atoms. The summed E-state index contributed by atoms with van der Waals surface area (Å²) >= 11 is 0. The summed E-state index contributed by atoms with van der Waals surface area (Å²) < 4.78 is 1.71. The number of hydrogen-bond donors (Lipinski definition) is 1. The topological polar surface area (TPSA) is 59.3 Å². The minimum absolute atomic E-state index is 0.133. The second-order valence-corrected chi connectivity index (χ2v) is 4.17. The van der Waals surface area contributed by atoms with Crippen LogP contribution in [0, 0.1) is 6.92 Å². The summed E-state index contributed by atoms with van der Waals surface area (Å²) in [5.74, 6) is -0.133. The van der Waals surface area contributed by atoms with Crippen LogP contribution in [0.3, 0.4) is 0 Å². The number of nitrogens with one attached hydrogen (secondary N) is 1. The highest BCUT2D eigenvalue weighted by atomic mass is 16.1. The van der Waals surface area contributed by atoms with E-state index in [4.69, 9.17) is 0 Å². The van der Waals surface area contributed by atoms with Crippen LogP contribution in [-0.2, 0) is 0 Å². The highest BCUT2D eigenvalue weighted by Gasteiger charge is 2.12. The molecule has 1 amide bonds. The van der Waals surface area contributed by atoms with E-state index in [1.807, 2.05) is 20.8 Å². The first-order valence-corrected chi connectivity index (χ1v) is 5.74. The van der Waals surface area contributed by atoms with Crippen molar-refractivity contribution in [1.29, 1.82) is 0 Å². The van der Waals surface area contributed by atoms with Crippen molar-refractivity contribution in [3.63, 3.8) is 0 Å². The van der Waals surface area contributed by atoms with Crippen molar-refractivity contribution in [1.82, 2.24) is 19.9 Å². The zero-order chi connectivity index (χ0) is 12.4. The number of rotatable bonds is 3. The molecule has 1 unspecified atom stereocenters. The lowest BCUT2D eigenvalue weighted by molar-refractivity contribution is 0.0934. The Kier molecular flexibility index (Phi) is 3.08. The van der Waals surface area contributed by atoms with E-state index in [9.17, 15) is 4.79 Å². The Morgan fingerprint density at radius 3 is 3.06 bits per heavy atom. The average molecular weight is 232 g/mol. The molecule has 5 nitrogen and oxygen atoms in total. The lowest BCUT2D eigenvalue weighted by Crippen LogP contribution is -2.32. The van der Waals surface area contributed by atoms with Gasteiger partial charge in [-0.25, -0.2) is 9.50 Å². The molecule has 2 aromatic rings. The van der Waals surface area contributed by atoms with E-state index < -0.39 is 0 Å². The molecule has 0 spiro atoms. The van der Waals surface area contributed by atoms with Crippen molar-refractivity contribution in [3.8, 4) is 0 Å². The van der Waals surface area contributed by atoms with Crippen molar-refractivity contribution in [3.05, 3.63) is 29.7 Å². The Balaban J connectivity index is 2.32. The number of fused-ring (bicyclic) bond motifs is 1. The number of amides is 1. The predicted molar refractivity (Wildman–Crippen MR) is 64.9 cm³/mol. The zero-order valence-electron chi connectivity index (χ0n) is 10.3. The van der Waals surface area contributed by atoms with Gasteiger partial charge in [0.1, 0.15) is 5.69 Å². The van der Waals surface area contributed by atoms with Crippen LogP contribution in [0.5, 0.6) is 0 Å². The fourth-order valence-corrected chi connectivity index (χ4v) is 1.58. The quantitative estimate of drug-likeness (QED) is 0.873. The SMILES string of the molecule is CCC(C)NC(=O)c1cc(C)n2nccc2n1. The molecule has 0 radical (unpaired) electrons. The molecular weight excluding hydrogens is 216 g/mol. The Hall–Kier alpha value is -1.91. The molecule has 2 heterocycles. The van der Waals surface area contributed by atoms with Crippen molar-refractivity contribution in [2.75, 3.05) is 0 Å². The molecule has 2 rings (SSSR count). The van der Waals surface area contributed by atoms with Crippen molar-refractivity contribution in [2.45, 2.75) is 33.2 Å². The van der Waals surface area contributed by atoms with E-state index in [1.54, 1.807) is 22.8 Å². The van der Waals surface area contributed by atoms with Gasteiger partial charge in [-0.3, -0.25) is 4.79 Å². The van der Waals surface area contributed by atoms with Crippen LogP contribution in [-0.4, -0.2) is 26.5 Å². The van der Waals surface area contributed by atoms with E-state index in [1.165, 1.54) is 0 Å². The van der Waals surface area contributed by atoms with Crippen LogP contribution in [0.1, 0.15) is 36.5 Å². The number of carbonyl (C=O) groups is 1. The third-order valence-electron chi connectivity index (χ3n) is 2.76. The van der Waals surface area contributed by atoms with Crippen LogP contribution in [0.2, 0.25) is 0 Å². The van der Waals surface area contributed by atoms with Gasteiger partial charge >= 0.3 is 0 Å². The van der Waals surface area contributed by atoms with Gasteiger partial charge in [0.2, 0.25) is 0 Å². The number of aromatic nitrogens is 3. The van der Waals surface area contributed by atoms with Crippen molar-refractivity contribution in [2.24, 2.45) is 0 Å².